The molecular weight excluding hydrogens is 147 g/mol. The van der Waals surface area contributed by atoms with Crippen molar-refractivity contribution in [2.75, 3.05) is 6.61 Å². The number of hydrogen-bond acceptors (Lipinski definition) is 3. The number of ether oxygens (including phenoxy) is 1. The Hall–Kier alpha value is -0.320. The first-order valence-corrected chi connectivity index (χ1v) is 2.18. The smallest absolute Gasteiger partial charge is 0.341 e. The monoisotopic (exact) mass is 153 g/mol. The van der Waals surface area contributed by atoms with Crippen LogP contribution in [0.1, 0.15) is 0 Å². The van der Waals surface area contributed by atoms with Crippen LogP contribution in [0, 0.1) is 0 Å². The van der Waals surface area contributed by atoms with Crippen LogP contribution in [0.3, 0.4) is 0 Å². The molecule has 0 rings (SSSR count). The standard InChI is InChI=1S/C5H6O4.Na/c1-2-5(8)9-3-4(6)7;/h2H,1,3H2,(H,6,7);. The molecule has 0 aliphatic rings. The van der Waals surface area contributed by atoms with E-state index in [1.807, 2.05) is 0 Å². The number of aliphatic carboxylic acids is 1. The Balaban J connectivity index is 0. The van der Waals surface area contributed by atoms with Crippen LogP contribution < -0.4 is 0 Å². The maximum absolute atomic E-state index is 10.1. The molecule has 5 heteroatoms. The van der Waals surface area contributed by atoms with E-state index in [-0.39, 0.29) is 29.6 Å². The summed E-state index contributed by atoms with van der Waals surface area (Å²) < 4.78 is 4.10. The van der Waals surface area contributed by atoms with E-state index in [0.717, 1.165) is 6.08 Å². The molecule has 0 aromatic rings. The van der Waals surface area contributed by atoms with Crippen LogP contribution in [0.15, 0.2) is 12.7 Å². The third-order valence-corrected chi connectivity index (χ3v) is 0.505. The second-order valence-corrected chi connectivity index (χ2v) is 1.21. The first kappa shape index (κ1) is 12.4. The van der Waals surface area contributed by atoms with Crippen molar-refractivity contribution in [2.24, 2.45) is 0 Å². The molecular formula is C5H6NaO4. The van der Waals surface area contributed by atoms with E-state index in [2.05, 4.69) is 11.3 Å². The maximum Gasteiger partial charge on any atom is 0.341 e. The van der Waals surface area contributed by atoms with E-state index >= 15 is 0 Å². The van der Waals surface area contributed by atoms with Gasteiger partial charge in [0.1, 0.15) is 0 Å². The SMILES string of the molecule is C=CC(=O)OCC(=O)O.[Na]. The average molecular weight is 153 g/mol. The molecule has 0 bridgehead atoms. The summed E-state index contributed by atoms with van der Waals surface area (Å²) in [6.07, 6.45) is 0.906. The van der Waals surface area contributed by atoms with Crippen LogP contribution in [0.5, 0.6) is 0 Å². The number of carboxylic acid groups (broad SMARTS) is 1. The van der Waals surface area contributed by atoms with E-state index < -0.39 is 18.5 Å². The van der Waals surface area contributed by atoms with Crippen molar-refractivity contribution in [3.05, 3.63) is 12.7 Å². The van der Waals surface area contributed by atoms with Gasteiger partial charge in [0.2, 0.25) is 0 Å². The van der Waals surface area contributed by atoms with Gasteiger partial charge in [0.15, 0.2) is 6.61 Å². The van der Waals surface area contributed by atoms with Crippen LogP contribution in [-0.4, -0.2) is 53.2 Å². The molecule has 0 saturated carbocycles. The molecule has 10 heavy (non-hydrogen) atoms. The fourth-order valence-electron chi connectivity index (χ4n) is 0.192. The predicted molar refractivity (Wildman–Crippen MR) is 34.5 cm³/mol. The summed E-state index contributed by atoms with van der Waals surface area (Å²) in [5.41, 5.74) is 0. The summed E-state index contributed by atoms with van der Waals surface area (Å²) in [6, 6.07) is 0. The number of hydrogen-bond donors (Lipinski definition) is 1. The van der Waals surface area contributed by atoms with Gasteiger partial charge in [-0.05, 0) is 0 Å². The van der Waals surface area contributed by atoms with Gasteiger partial charge < -0.3 is 9.84 Å². The molecule has 0 amide bonds. The number of esters is 1. The molecule has 0 spiro atoms. The minimum atomic E-state index is -1.18. The Bertz CT molecular complexity index is 143. The summed E-state index contributed by atoms with van der Waals surface area (Å²) in [5.74, 6) is -1.90. The fraction of sp³-hybridized carbons (Fsp3) is 0.200. The van der Waals surface area contributed by atoms with E-state index in [1.54, 1.807) is 0 Å². The molecule has 0 aromatic heterocycles. The summed E-state index contributed by atoms with van der Waals surface area (Å²) >= 11 is 0. The molecule has 51 valence electrons. The van der Waals surface area contributed by atoms with Gasteiger partial charge in [-0.25, -0.2) is 9.59 Å². The number of carbonyl (C=O) groups excluding carboxylic acids is 1. The molecule has 0 saturated heterocycles. The Morgan fingerprint density at radius 1 is 1.60 bits per heavy atom. The minimum absolute atomic E-state index is 0. The minimum Gasteiger partial charge on any atom is -0.479 e. The third kappa shape index (κ3) is 7.68. The van der Waals surface area contributed by atoms with Crippen molar-refractivity contribution in [1.29, 1.82) is 0 Å². The number of carboxylic acids is 1. The number of carbonyl (C=O) groups is 2. The summed E-state index contributed by atoms with van der Waals surface area (Å²) in [6.45, 7) is 2.46. The van der Waals surface area contributed by atoms with Gasteiger partial charge >= 0.3 is 11.9 Å². The van der Waals surface area contributed by atoms with Gasteiger partial charge in [0, 0.05) is 35.6 Å². The molecule has 1 N–H and O–H groups in total. The third-order valence-electron chi connectivity index (χ3n) is 0.505. The largest absolute Gasteiger partial charge is 0.479 e. The van der Waals surface area contributed by atoms with Crippen molar-refractivity contribution in [2.45, 2.75) is 0 Å². The zero-order chi connectivity index (χ0) is 7.28. The molecule has 0 unspecified atom stereocenters. The van der Waals surface area contributed by atoms with E-state index in [4.69, 9.17) is 5.11 Å². The fourth-order valence-corrected chi connectivity index (χ4v) is 0.192. The molecule has 0 aromatic carbocycles. The Morgan fingerprint density at radius 2 is 2.10 bits per heavy atom. The molecule has 0 atom stereocenters. The first-order valence-electron chi connectivity index (χ1n) is 2.18. The van der Waals surface area contributed by atoms with Crippen LogP contribution in [0.2, 0.25) is 0 Å². The second kappa shape index (κ2) is 6.80. The van der Waals surface area contributed by atoms with Gasteiger partial charge in [0.25, 0.3) is 0 Å². The Kier molecular flexibility index (Phi) is 8.40. The van der Waals surface area contributed by atoms with Crippen LogP contribution >= 0.6 is 0 Å². The topological polar surface area (TPSA) is 63.6 Å². The summed E-state index contributed by atoms with van der Waals surface area (Å²) in [5, 5.41) is 7.95. The Morgan fingerprint density at radius 3 is 2.40 bits per heavy atom. The van der Waals surface area contributed by atoms with Crippen molar-refractivity contribution in [1.82, 2.24) is 0 Å². The second-order valence-electron chi connectivity index (χ2n) is 1.21. The van der Waals surface area contributed by atoms with Crippen molar-refractivity contribution in [3.8, 4) is 0 Å². The first-order chi connectivity index (χ1) is 4.16. The van der Waals surface area contributed by atoms with Crippen molar-refractivity contribution in [3.63, 3.8) is 0 Å². The van der Waals surface area contributed by atoms with E-state index in [9.17, 15) is 9.59 Å². The van der Waals surface area contributed by atoms with E-state index in [1.165, 1.54) is 0 Å². The normalized spacial score (nSPS) is 7.20. The van der Waals surface area contributed by atoms with Crippen molar-refractivity contribution < 1.29 is 19.4 Å². The maximum atomic E-state index is 10.1. The molecule has 1 radical (unpaired) electrons. The van der Waals surface area contributed by atoms with Crippen molar-refractivity contribution >= 4 is 41.5 Å². The van der Waals surface area contributed by atoms with Gasteiger partial charge in [-0.3, -0.25) is 0 Å². The predicted octanol–water partition coefficient (Wildman–Crippen LogP) is -0.581. The van der Waals surface area contributed by atoms with Gasteiger partial charge in [-0.2, -0.15) is 0 Å². The zero-order valence-corrected chi connectivity index (χ0v) is 7.66. The van der Waals surface area contributed by atoms with Crippen LogP contribution in [-0.2, 0) is 14.3 Å². The number of rotatable bonds is 3. The Labute approximate surface area is 80.2 Å². The quantitative estimate of drug-likeness (QED) is 0.334. The zero-order valence-electron chi connectivity index (χ0n) is 5.66. The van der Waals surface area contributed by atoms with Gasteiger partial charge in [-0.15, -0.1) is 0 Å². The molecule has 0 aliphatic carbocycles. The van der Waals surface area contributed by atoms with Gasteiger partial charge in [-0.1, -0.05) is 6.58 Å². The molecule has 0 fully saturated rings. The van der Waals surface area contributed by atoms with Crippen LogP contribution in [0.4, 0.5) is 0 Å². The molecule has 4 nitrogen and oxygen atoms in total. The summed E-state index contributed by atoms with van der Waals surface area (Å²) in [7, 11) is 0. The van der Waals surface area contributed by atoms with E-state index in [0.29, 0.717) is 0 Å². The molecule has 0 aliphatic heterocycles. The summed E-state index contributed by atoms with van der Waals surface area (Å²) in [4.78, 5) is 19.8. The van der Waals surface area contributed by atoms with Gasteiger partial charge in [0.05, 0.1) is 0 Å². The van der Waals surface area contributed by atoms with Crippen LogP contribution in [0.25, 0.3) is 0 Å². The molecule has 0 heterocycles. The average Bonchev–Trinajstić information content (AvgIpc) is 1.83.